The van der Waals surface area contributed by atoms with E-state index in [1.165, 1.54) is 5.56 Å². The summed E-state index contributed by atoms with van der Waals surface area (Å²) < 4.78 is 25.7. The normalized spacial score (nSPS) is 19.5. The van der Waals surface area contributed by atoms with Crippen molar-refractivity contribution in [3.63, 3.8) is 0 Å². The van der Waals surface area contributed by atoms with Gasteiger partial charge in [-0.1, -0.05) is 79.3 Å². The minimum absolute atomic E-state index is 0.000573. The molecule has 4 rings (SSSR count). The topological polar surface area (TPSA) is 81.8 Å². The Labute approximate surface area is 351 Å². The molecule has 3 radical (unpaired) electrons. The summed E-state index contributed by atoms with van der Waals surface area (Å²) in [5.41, 5.74) is 2.43. The quantitative estimate of drug-likeness (QED) is 0.136. The standard InChI is InChI=1S/C27H47F2N3O2.C14H19NOS.C2H6.CH3.Sn/c1-20-6-5-13-32(20)25(34)24(26(2,3)4)30-23(33)16-21-7-9-27(10-8-21)11-14-31(15-12-27)19-22(17-28)18-29;1-4-17-14(11(2)3)13-7-5-12(6-8-13)9-15-10-16;1-2;;/h20-22,24H,5-19H2,1-4H3,(H,30,33);4-8,10-11,14H,1,9H2,2-3H3,(H,15,16);1-2H3;1H3;. The fraction of sp³-hybridized carbons (Fsp3) is 0.750. The third-order valence-electron chi connectivity index (χ3n) is 11.3. The van der Waals surface area contributed by atoms with Crippen LogP contribution in [0.1, 0.15) is 130 Å². The molecule has 7 nitrogen and oxygen atoms in total. The van der Waals surface area contributed by atoms with Crippen LogP contribution in [0, 0.1) is 28.6 Å². The Morgan fingerprint density at radius 1 is 1.00 bits per heavy atom. The molecule has 1 saturated carbocycles. The van der Waals surface area contributed by atoms with E-state index in [2.05, 4.69) is 72.1 Å². The number of piperidine rings is 1. The second-order valence-electron chi connectivity index (χ2n) is 16.7. The van der Waals surface area contributed by atoms with Gasteiger partial charge in [0.05, 0.1) is 13.3 Å². The van der Waals surface area contributed by atoms with Gasteiger partial charge in [-0.25, -0.2) is 0 Å². The number of carbonyl (C=O) groups excluding carboxylic acids is 3. The number of halogens is 2. The van der Waals surface area contributed by atoms with Gasteiger partial charge >= 0.3 is 27.5 Å². The van der Waals surface area contributed by atoms with Gasteiger partial charge in [-0.05, 0) is 111 Å². The van der Waals surface area contributed by atoms with E-state index < -0.39 is 25.3 Å². The van der Waals surface area contributed by atoms with E-state index in [0.717, 1.165) is 83.0 Å². The zero-order valence-electron chi connectivity index (χ0n) is 35.7. The van der Waals surface area contributed by atoms with Crippen LogP contribution in [0.4, 0.5) is 8.78 Å². The molecule has 3 fully saturated rings. The number of nitrogens with one attached hydrogen (secondary N) is 2. The molecule has 2 saturated heterocycles. The zero-order chi connectivity index (χ0) is 41.6. The second kappa shape index (κ2) is 27.1. The van der Waals surface area contributed by atoms with Gasteiger partial charge in [0.15, 0.2) is 0 Å². The first-order chi connectivity index (χ1) is 26.2. The summed E-state index contributed by atoms with van der Waals surface area (Å²) in [6, 6.07) is 8.13. The Balaban J connectivity index is 0.000000605. The number of hydrogen-bond acceptors (Lipinski definition) is 5. The van der Waals surface area contributed by atoms with Crippen molar-refractivity contribution in [2.24, 2.45) is 28.6 Å². The second-order valence-corrected chi connectivity index (χ2v) is 17.8. The molecule has 3 unspecified atom stereocenters. The van der Waals surface area contributed by atoms with Gasteiger partial charge in [0.2, 0.25) is 18.2 Å². The van der Waals surface area contributed by atoms with Crippen LogP contribution < -0.4 is 10.6 Å². The molecule has 313 valence electrons. The minimum atomic E-state index is -0.583. The van der Waals surface area contributed by atoms with Gasteiger partial charge in [-0.15, -0.1) is 11.8 Å². The van der Waals surface area contributed by atoms with E-state index >= 15 is 0 Å². The molecule has 2 aliphatic heterocycles. The zero-order valence-corrected chi connectivity index (χ0v) is 39.4. The summed E-state index contributed by atoms with van der Waals surface area (Å²) in [6.07, 6.45) is 9.80. The third kappa shape index (κ3) is 17.4. The van der Waals surface area contributed by atoms with Crippen molar-refractivity contribution >= 4 is 52.5 Å². The van der Waals surface area contributed by atoms with Crippen molar-refractivity contribution in [1.29, 1.82) is 0 Å². The number of nitrogens with zero attached hydrogens (tertiary/aromatic N) is 2. The summed E-state index contributed by atoms with van der Waals surface area (Å²) in [5.74, 6) is 0.507. The number of rotatable bonds is 15. The molecule has 3 atom stereocenters. The Morgan fingerprint density at radius 2 is 1.58 bits per heavy atom. The molecule has 3 aliphatic rings. The molecule has 3 amide bonds. The summed E-state index contributed by atoms with van der Waals surface area (Å²) in [5, 5.41) is 8.11. The molecular weight excluding hydrogens is 821 g/mol. The van der Waals surface area contributed by atoms with E-state index in [4.69, 9.17) is 0 Å². The molecule has 0 aromatic heterocycles. The average molecular weight is 897 g/mol. The molecule has 1 aliphatic carbocycles. The molecule has 1 aromatic rings. The van der Waals surface area contributed by atoms with Crippen LogP contribution in [0.2, 0.25) is 4.94 Å². The molecule has 1 aromatic carbocycles. The van der Waals surface area contributed by atoms with Gasteiger partial charge in [-0.2, -0.15) is 0 Å². The van der Waals surface area contributed by atoms with Crippen LogP contribution in [0.3, 0.4) is 0 Å². The first-order valence-corrected chi connectivity index (χ1v) is 24.5. The Bertz CT molecular complexity index is 1230. The third-order valence-corrected chi connectivity index (χ3v) is 12.6. The number of hydrogen-bond donors (Lipinski definition) is 2. The fourth-order valence-electron chi connectivity index (χ4n) is 7.97. The monoisotopic (exact) mass is 897 g/mol. The van der Waals surface area contributed by atoms with Crippen LogP contribution >= 0.6 is 11.8 Å². The van der Waals surface area contributed by atoms with Crippen LogP contribution in [0.25, 0.3) is 0 Å². The predicted molar refractivity (Wildman–Crippen MR) is 230 cm³/mol. The Hall–Kier alpha value is -1.66. The first-order valence-electron chi connectivity index (χ1n) is 20.7. The van der Waals surface area contributed by atoms with Crippen molar-refractivity contribution in [3.05, 3.63) is 47.4 Å². The maximum absolute atomic E-state index is 13.2. The summed E-state index contributed by atoms with van der Waals surface area (Å²) in [7, 11) is 0. The Kier molecular flexibility index (Phi) is 25.3. The number of carbonyl (C=O) groups is 3. The molecule has 55 heavy (non-hydrogen) atoms. The van der Waals surface area contributed by atoms with E-state index in [0.29, 0.717) is 42.0 Å². The summed E-state index contributed by atoms with van der Waals surface area (Å²) >= 11 is 3.30. The van der Waals surface area contributed by atoms with Crippen LogP contribution in [0.15, 0.2) is 36.3 Å². The van der Waals surface area contributed by atoms with Crippen LogP contribution in [-0.4, -0.2) is 102 Å². The SMILES string of the molecule is C=CSC(c1ccc(CNC=O)cc1)C(C)C.CC.CC1CCCN1C(=O)C(NC(=O)CC1CCC2(CC1)CCN(CC(CF)CF)CC2)C(C)(C)C.[CH3][Sn]. The van der Waals surface area contributed by atoms with Gasteiger partial charge in [0.25, 0.3) is 0 Å². The molecule has 1 spiro atoms. The molecule has 0 bridgehead atoms. The molecular formula is C44H75F2N4O3SSn. The maximum atomic E-state index is 13.2. The first kappa shape index (κ1) is 51.4. The number of alkyl halides is 2. The van der Waals surface area contributed by atoms with Crippen molar-refractivity contribution in [2.75, 3.05) is 39.5 Å². The van der Waals surface area contributed by atoms with Crippen molar-refractivity contribution in [1.82, 2.24) is 20.4 Å². The Morgan fingerprint density at radius 3 is 2.04 bits per heavy atom. The van der Waals surface area contributed by atoms with Crippen LogP contribution in [0.5, 0.6) is 0 Å². The van der Waals surface area contributed by atoms with Crippen molar-refractivity contribution < 1.29 is 23.2 Å². The number of likely N-dealkylation sites (tertiary alicyclic amines) is 2. The molecule has 2 heterocycles. The van der Waals surface area contributed by atoms with Crippen molar-refractivity contribution in [2.45, 2.75) is 142 Å². The van der Waals surface area contributed by atoms with Gasteiger partial charge in [-0.3, -0.25) is 23.2 Å². The van der Waals surface area contributed by atoms with E-state index in [9.17, 15) is 23.2 Å². The van der Waals surface area contributed by atoms with E-state index in [1.807, 2.05) is 44.9 Å². The number of thioether (sulfide) groups is 1. The molecule has 11 heteroatoms. The van der Waals surface area contributed by atoms with E-state index in [1.54, 1.807) is 34.3 Å². The predicted octanol–water partition coefficient (Wildman–Crippen LogP) is 9.48. The fourth-order valence-corrected chi connectivity index (χ4v) is 8.81. The van der Waals surface area contributed by atoms with Gasteiger partial charge in [0.1, 0.15) is 6.04 Å². The molecule has 2 N–H and O–H groups in total. The van der Waals surface area contributed by atoms with Gasteiger partial charge < -0.3 is 20.4 Å². The van der Waals surface area contributed by atoms with E-state index in [-0.39, 0.29) is 23.3 Å². The summed E-state index contributed by atoms with van der Waals surface area (Å²) in [4.78, 5) is 42.7. The number of benzene rings is 1. The summed E-state index contributed by atoms with van der Waals surface area (Å²) in [6.45, 7) is 22.9. The number of amides is 3. The van der Waals surface area contributed by atoms with Crippen LogP contribution in [-0.2, 0) is 20.9 Å². The average Bonchev–Trinajstić information content (AvgIpc) is 3.63. The van der Waals surface area contributed by atoms with Gasteiger partial charge in [0, 0.05) is 43.3 Å². The van der Waals surface area contributed by atoms with Crippen molar-refractivity contribution in [3.8, 4) is 0 Å².